The van der Waals surface area contributed by atoms with Crippen LogP contribution in [0.25, 0.3) is 0 Å². The molecule has 1 amide bonds. The zero-order chi connectivity index (χ0) is 10.5. The average Bonchev–Trinajstić information content (AvgIpc) is 1.97. The van der Waals surface area contributed by atoms with Crippen LogP contribution in [0.2, 0.25) is 0 Å². The summed E-state index contributed by atoms with van der Waals surface area (Å²) >= 11 is 0. The van der Waals surface area contributed by atoms with Crippen molar-refractivity contribution in [3.05, 3.63) is 0 Å². The van der Waals surface area contributed by atoms with E-state index in [9.17, 15) is 4.79 Å². The number of alkyl carbamates (subject to hydrolysis) is 1. The Labute approximate surface area is 79.4 Å². The van der Waals surface area contributed by atoms with Crippen molar-refractivity contribution in [2.75, 3.05) is 13.6 Å². The van der Waals surface area contributed by atoms with Crippen molar-refractivity contribution >= 4 is 11.8 Å². The molecule has 0 saturated carbocycles. The molecular weight excluding hydrogens is 168 g/mol. The van der Waals surface area contributed by atoms with Crippen LogP contribution in [0.4, 0.5) is 4.79 Å². The Hall–Kier alpha value is -1.06. The van der Waals surface area contributed by atoms with Crippen LogP contribution in [0.5, 0.6) is 0 Å². The lowest BCUT2D eigenvalue weighted by molar-refractivity contribution is 0.0536. The predicted molar refractivity (Wildman–Crippen MR) is 53.3 cm³/mol. The first-order valence-electron chi connectivity index (χ1n) is 4.24. The van der Waals surface area contributed by atoms with Crippen molar-refractivity contribution in [1.82, 2.24) is 5.32 Å². The summed E-state index contributed by atoms with van der Waals surface area (Å²) in [4.78, 5) is 15.0. The summed E-state index contributed by atoms with van der Waals surface area (Å²) in [5.41, 5.74) is 0.423. The van der Waals surface area contributed by atoms with E-state index in [0.29, 0.717) is 6.54 Å². The zero-order valence-electron chi connectivity index (χ0n) is 8.97. The highest BCUT2D eigenvalue weighted by atomic mass is 16.6. The molecule has 0 aliphatic heterocycles. The number of ether oxygens (including phenoxy) is 1. The second kappa shape index (κ2) is 4.84. The minimum Gasteiger partial charge on any atom is -0.444 e. The SMILES string of the molecule is C/N=C(\C)CNC(=O)OC(C)(C)C. The Morgan fingerprint density at radius 3 is 2.38 bits per heavy atom. The average molecular weight is 186 g/mol. The number of nitrogens with zero attached hydrogens (tertiary/aromatic N) is 1. The molecule has 0 radical (unpaired) electrons. The molecule has 4 nitrogen and oxygen atoms in total. The maximum absolute atomic E-state index is 11.1. The van der Waals surface area contributed by atoms with Crippen molar-refractivity contribution in [1.29, 1.82) is 0 Å². The van der Waals surface area contributed by atoms with Crippen LogP contribution in [-0.4, -0.2) is 31.0 Å². The molecule has 0 unspecified atom stereocenters. The van der Waals surface area contributed by atoms with E-state index in [0.717, 1.165) is 5.71 Å². The lowest BCUT2D eigenvalue weighted by Crippen LogP contribution is -2.34. The molecular formula is C9H18N2O2. The van der Waals surface area contributed by atoms with Gasteiger partial charge < -0.3 is 10.1 Å². The molecule has 0 heterocycles. The van der Waals surface area contributed by atoms with Crippen molar-refractivity contribution < 1.29 is 9.53 Å². The van der Waals surface area contributed by atoms with Gasteiger partial charge >= 0.3 is 6.09 Å². The number of amides is 1. The summed E-state index contributed by atoms with van der Waals surface area (Å²) in [5, 5.41) is 2.60. The summed E-state index contributed by atoms with van der Waals surface area (Å²) < 4.78 is 5.03. The molecule has 76 valence electrons. The summed E-state index contributed by atoms with van der Waals surface area (Å²) in [5.74, 6) is 0. The predicted octanol–water partition coefficient (Wildman–Crippen LogP) is 1.60. The van der Waals surface area contributed by atoms with Crippen molar-refractivity contribution in [3.63, 3.8) is 0 Å². The highest BCUT2D eigenvalue weighted by Crippen LogP contribution is 2.05. The summed E-state index contributed by atoms with van der Waals surface area (Å²) in [6, 6.07) is 0. The molecule has 0 saturated heterocycles. The van der Waals surface area contributed by atoms with Crippen molar-refractivity contribution in [2.45, 2.75) is 33.3 Å². The molecule has 4 heteroatoms. The number of hydrogen-bond acceptors (Lipinski definition) is 3. The van der Waals surface area contributed by atoms with Crippen LogP contribution in [0.3, 0.4) is 0 Å². The first-order valence-corrected chi connectivity index (χ1v) is 4.24. The summed E-state index contributed by atoms with van der Waals surface area (Å²) in [7, 11) is 1.69. The van der Waals surface area contributed by atoms with Crippen molar-refractivity contribution in [2.24, 2.45) is 4.99 Å². The summed E-state index contributed by atoms with van der Waals surface area (Å²) in [6.07, 6.45) is -0.407. The maximum atomic E-state index is 11.1. The van der Waals surface area contributed by atoms with Crippen molar-refractivity contribution in [3.8, 4) is 0 Å². The monoisotopic (exact) mass is 186 g/mol. The quantitative estimate of drug-likeness (QED) is 0.666. The lowest BCUT2D eigenvalue weighted by atomic mass is 10.2. The van der Waals surface area contributed by atoms with Crippen LogP contribution in [0, 0.1) is 0 Å². The van der Waals surface area contributed by atoms with E-state index in [1.54, 1.807) is 7.05 Å². The van der Waals surface area contributed by atoms with Gasteiger partial charge in [-0.3, -0.25) is 4.99 Å². The highest BCUT2D eigenvalue weighted by molar-refractivity contribution is 5.86. The van der Waals surface area contributed by atoms with Crippen LogP contribution in [0.15, 0.2) is 4.99 Å². The largest absolute Gasteiger partial charge is 0.444 e. The first kappa shape index (κ1) is 11.9. The molecule has 0 rings (SSSR count). The zero-order valence-corrected chi connectivity index (χ0v) is 8.97. The van der Waals surface area contributed by atoms with Gasteiger partial charge in [-0.25, -0.2) is 4.79 Å². The minimum atomic E-state index is -0.443. The third-order valence-electron chi connectivity index (χ3n) is 1.27. The van der Waals surface area contributed by atoms with E-state index in [1.807, 2.05) is 27.7 Å². The van der Waals surface area contributed by atoms with E-state index in [1.165, 1.54) is 0 Å². The summed E-state index contributed by atoms with van der Waals surface area (Å²) in [6.45, 7) is 7.76. The fraction of sp³-hybridized carbons (Fsp3) is 0.778. The second-order valence-electron chi connectivity index (χ2n) is 3.81. The normalized spacial score (nSPS) is 12.5. The Morgan fingerprint density at radius 1 is 1.46 bits per heavy atom. The smallest absolute Gasteiger partial charge is 0.407 e. The molecule has 0 aliphatic carbocycles. The van der Waals surface area contributed by atoms with Gasteiger partial charge in [-0.05, 0) is 27.7 Å². The molecule has 13 heavy (non-hydrogen) atoms. The van der Waals surface area contributed by atoms with Gasteiger partial charge in [0, 0.05) is 12.8 Å². The number of carbonyl (C=O) groups is 1. The van der Waals surface area contributed by atoms with E-state index >= 15 is 0 Å². The van der Waals surface area contributed by atoms with E-state index in [2.05, 4.69) is 10.3 Å². The molecule has 0 aromatic rings. The Morgan fingerprint density at radius 2 is 2.00 bits per heavy atom. The van der Waals surface area contributed by atoms with E-state index in [-0.39, 0.29) is 0 Å². The van der Waals surface area contributed by atoms with Gasteiger partial charge in [0.1, 0.15) is 5.60 Å². The molecule has 0 aromatic carbocycles. The number of rotatable bonds is 2. The van der Waals surface area contributed by atoms with Gasteiger partial charge in [-0.2, -0.15) is 0 Å². The molecule has 0 atom stereocenters. The third kappa shape index (κ3) is 7.31. The molecule has 0 spiro atoms. The number of nitrogens with one attached hydrogen (secondary N) is 1. The topological polar surface area (TPSA) is 50.7 Å². The number of hydrogen-bond donors (Lipinski definition) is 1. The van der Waals surface area contributed by atoms with Gasteiger partial charge in [-0.1, -0.05) is 0 Å². The van der Waals surface area contributed by atoms with Gasteiger partial charge in [0.05, 0.1) is 6.54 Å². The third-order valence-corrected chi connectivity index (χ3v) is 1.27. The molecule has 0 bridgehead atoms. The molecule has 1 N–H and O–H groups in total. The second-order valence-corrected chi connectivity index (χ2v) is 3.81. The maximum Gasteiger partial charge on any atom is 0.407 e. The Bertz CT molecular complexity index is 204. The standard InChI is InChI=1S/C9H18N2O2/c1-7(10-5)6-11-8(12)13-9(2,3)4/h6H2,1-5H3,(H,11,12)/b10-7+. The lowest BCUT2D eigenvalue weighted by Gasteiger charge is -2.19. The van der Waals surface area contributed by atoms with E-state index < -0.39 is 11.7 Å². The number of carbonyl (C=O) groups excluding carboxylic acids is 1. The van der Waals surface area contributed by atoms with Crippen LogP contribution >= 0.6 is 0 Å². The van der Waals surface area contributed by atoms with Crippen LogP contribution < -0.4 is 5.32 Å². The number of aliphatic imine (C=N–C) groups is 1. The fourth-order valence-corrected chi connectivity index (χ4v) is 0.593. The van der Waals surface area contributed by atoms with Gasteiger partial charge in [0.15, 0.2) is 0 Å². The van der Waals surface area contributed by atoms with Gasteiger partial charge in [-0.15, -0.1) is 0 Å². The fourth-order valence-electron chi connectivity index (χ4n) is 0.593. The Balaban J connectivity index is 3.77. The minimum absolute atomic E-state index is 0.407. The van der Waals surface area contributed by atoms with Gasteiger partial charge in [0.25, 0.3) is 0 Å². The molecule has 0 fully saturated rings. The highest BCUT2D eigenvalue weighted by Gasteiger charge is 2.15. The van der Waals surface area contributed by atoms with Crippen LogP contribution in [-0.2, 0) is 4.74 Å². The van der Waals surface area contributed by atoms with Gasteiger partial charge in [0.2, 0.25) is 0 Å². The Kier molecular flexibility index (Phi) is 4.45. The van der Waals surface area contributed by atoms with Crippen LogP contribution in [0.1, 0.15) is 27.7 Å². The first-order chi connectivity index (χ1) is 5.85. The molecule has 0 aromatic heterocycles. The van der Waals surface area contributed by atoms with E-state index in [4.69, 9.17) is 4.74 Å². The molecule has 0 aliphatic rings.